The molecule has 2 heterocycles. The molecular weight excluding hydrogens is 500 g/mol. The first kappa shape index (κ1) is 23.4. The van der Waals surface area contributed by atoms with E-state index in [2.05, 4.69) is 120 Å². The molecule has 0 unspecified atom stereocenters. The highest BCUT2D eigenvalue weighted by molar-refractivity contribution is 6.16. The van der Waals surface area contributed by atoms with E-state index in [0.717, 1.165) is 49.8 Å². The number of hydrogen-bond acceptors (Lipinski definition) is 3. The first-order valence-corrected chi connectivity index (χ1v) is 13.8. The standard InChI is InChI=1S/C38H24N2O/c1-3-11-25(12-4-1)32-24-35(27-13-5-2-6-14-27)39-37-30-16-8-7-15-29(30)31(23-33(32)37)26-19-21-28(22-20-26)38-40-34-17-9-10-18-36(34)41-38/h1-24H. The third kappa shape index (κ3) is 4.07. The molecule has 0 aliphatic rings. The fraction of sp³-hybridized carbons (Fsp3) is 0. The monoisotopic (exact) mass is 524 g/mol. The Morgan fingerprint density at radius 3 is 1.76 bits per heavy atom. The van der Waals surface area contributed by atoms with Gasteiger partial charge in [0, 0.05) is 21.9 Å². The van der Waals surface area contributed by atoms with Crippen molar-refractivity contribution in [3.05, 3.63) is 146 Å². The number of nitrogens with zero attached hydrogens (tertiary/aromatic N) is 2. The lowest BCUT2D eigenvalue weighted by molar-refractivity contribution is 0.620. The molecule has 3 nitrogen and oxygen atoms in total. The largest absolute Gasteiger partial charge is 0.436 e. The maximum absolute atomic E-state index is 6.02. The normalized spacial score (nSPS) is 11.4. The molecule has 3 heteroatoms. The van der Waals surface area contributed by atoms with E-state index in [0.29, 0.717) is 5.89 Å². The predicted molar refractivity (Wildman–Crippen MR) is 169 cm³/mol. The second kappa shape index (κ2) is 9.58. The number of pyridine rings is 1. The molecule has 0 radical (unpaired) electrons. The maximum Gasteiger partial charge on any atom is 0.227 e. The molecule has 6 aromatic carbocycles. The van der Waals surface area contributed by atoms with Gasteiger partial charge in [0.25, 0.3) is 0 Å². The molecule has 0 aliphatic carbocycles. The highest BCUT2D eigenvalue weighted by atomic mass is 16.3. The molecule has 192 valence electrons. The lowest BCUT2D eigenvalue weighted by atomic mass is 9.91. The number of hydrogen-bond donors (Lipinski definition) is 0. The quantitative estimate of drug-likeness (QED) is 0.215. The zero-order valence-corrected chi connectivity index (χ0v) is 22.2. The van der Waals surface area contributed by atoms with E-state index < -0.39 is 0 Å². The van der Waals surface area contributed by atoms with Crippen molar-refractivity contribution in [3.8, 4) is 45.0 Å². The predicted octanol–water partition coefficient (Wildman–Crippen LogP) is 10.2. The van der Waals surface area contributed by atoms with Gasteiger partial charge in [-0.1, -0.05) is 109 Å². The Balaban J connectivity index is 1.35. The number of oxazole rings is 1. The van der Waals surface area contributed by atoms with E-state index >= 15 is 0 Å². The lowest BCUT2D eigenvalue weighted by Crippen LogP contribution is -1.93. The Morgan fingerprint density at radius 2 is 1.00 bits per heavy atom. The van der Waals surface area contributed by atoms with Gasteiger partial charge in [-0.25, -0.2) is 9.97 Å². The molecule has 0 fully saturated rings. The molecule has 0 aliphatic heterocycles. The molecule has 0 saturated carbocycles. The van der Waals surface area contributed by atoms with Crippen LogP contribution in [0.25, 0.3) is 77.7 Å². The van der Waals surface area contributed by atoms with Gasteiger partial charge in [-0.05, 0) is 64.0 Å². The van der Waals surface area contributed by atoms with Gasteiger partial charge in [0.1, 0.15) is 5.52 Å². The fourth-order valence-corrected chi connectivity index (χ4v) is 5.69. The van der Waals surface area contributed by atoms with Crippen LogP contribution < -0.4 is 0 Å². The van der Waals surface area contributed by atoms with Gasteiger partial charge in [-0.2, -0.15) is 0 Å². The number of fused-ring (bicyclic) bond motifs is 4. The van der Waals surface area contributed by atoms with Gasteiger partial charge in [0.15, 0.2) is 5.58 Å². The molecule has 0 atom stereocenters. The Labute approximate surface area is 237 Å². The Kier molecular flexibility index (Phi) is 5.46. The second-order valence-corrected chi connectivity index (χ2v) is 10.2. The Bertz CT molecular complexity index is 2150. The lowest BCUT2D eigenvalue weighted by Gasteiger charge is -2.16. The molecule has 0 spiro atoms. The van der Waals surface area contributed by atoms with Crippen LogP contribution in [0.2, 0.25) is 0 Å². The highest BCUT2D eigenvalue weighted by Gasteiger charge is 2.16. The van der Waals surface area contributed by atoms with Gasteiger partial charge < -0.3 is 4.42 Å². The van der Waals surface area contributed by atoms with Crippen molar-refractivity contribution in [2.45, 2.75) is 0 Å². The number of para-hydroxylation sites is 2. The van der Waals surface area contributed by atoms with E-state index in [1.54, 1.807) is 0 Å². The number of rotatable bonds is 4. The van der Waals surface area contributed by atoms with Crippen LogP contribution in [-0.2, 0) is 0 Å². The smallest absolute Gasteiger partial charge is 0.227 e. The molecule has 0 saturated heterocycles. The van der Waals surface area contributed by atoms with Crippen molar-refractivity contribution in [2.24, 2.45) is 0 Å². The topological polar surface area (TPSA) is 38.9 Å². The minimum Gasteiger partial charge on any atom is -0.436 e. The van der Waals surface area contributed by atoms with Crippen molar-refractivity contribution in [2.75, 3.05) is 0 Å². The van der Waals surface area contributed by atoms with Crippen LogP contribution in [0.3, 0.4) is 0 Å². The summed E-state index contributed by atoms with van der Waals surface area (Å²) in [6.07, 6.45) is 0. The highest BCUT2D eigenvalue weighted by Crippen LogP contribution is 2.40. The molecule has 0 amide bonds. The average Bonchev–Trinajstić information content (AvgIpc) is 3.49. The first-order chi connectivity index (χ1) is 20.3. The summed E-state index contributed by atoms with van der Waals surface area (Å²) in [5, 5.41) is 3.44. The van der Waals surface area contributed by atoms with E-state index in [4.69, 9.17) is 9.40 Å². The molecular formula is C38H24N2O. The summed E-state index contributed by atoms with van der Waals surface area (Å²) in [4.78, 5) is 9.93. The summed E-state index contributed by atoms with van der Waals surface area (Å²) in [5.74, 6) is 0.630. The number of benzene rings is 6. The molecule has 2 aromatic heterocycles. The van der Waals surface area contributed by atoms with Crippen molar-refractivity contribution < 1.29 is 4.42 Å². The first-order valence-electron chi connectivity index (χ1n) is 13.8. The number of aromatic nitrogens is 2. The van der Waals surface area contributed by atoms with Crippen LogP contribution in [0.15, 0.2) is 150 Å². The summed E-state index contributed by atoms with van der Waals surface area (Å²) in [5.41, 5.74) is 10.3. The maximum atomic E-state index is 6.02. The summed E-state index contributed by atoms with van der Waals surface area (Å²) in [7, 11) is 0. The van der Waals surface area contributed by atoms with E-state index in [1.165, 1.54) is 22.1 Å². The summed E-state index contributed by atoms with van der Waals surface area (Å²) >= 11 is 0. The summed E-state index contributed by atoms with van der Waals surface area (Å²) in [6, 6.07) is 50.5. The van der Waals surface area contributed by atoms with Gasteiger partial charge in [-0.15, -0.1) is 0 Å². The van der Waals surface area contributed by atoms with Crippen molar-refractivity contribution >= 4 is 32.8 Å². The van der Waals surface area contributed by atoms with Crippen LogP contribution >= 0.6 is 0 Å². The minimum atomic E-state index is 0.630. The van der Waals surface area contributed by atoms with Crippen LogP contribution in [0, 0.1) is 0 Å². The summed E-state index contributed by atoms with van der Waals surface area (Å²) in [6.45, 7) is 0. The Morgan fingerprint density at radius 1 is 0.415 bits per heavy atom. The van der Waals surface area contributed by atoms with Crippen LogP contribution in [0.4, 0.5) is 0 Å². The van der Waals surface area contributed by atoms with Crippen molar-refractivity contribution in [1.82, 2.24) is 9.97 Å². The van der Waals surface area contributed by atoms with E-state index in [-0.39, 0.29) is 0 Å². The van der Waals surface area contributed by atoms with Gasteiger partial charge in [0.2, 0.25) is 5.89 Å². The second-order valence-electron chi connectivity index (χ2n) is 10.2. The van der Waals surface area contributed by atoms with Gasteiger partial charge >= 0.3 is 0 Å². The van der Waals surface area contributed by atoms with Crippen molar-refractivity contribution in [1.29, 1.82) is 0 Å². The molecule has 8 aromatic rings. The van der Waals surface area contributed by atoms with Crippen LogP contribution in [-0.4, -0.2) is 9.97 Å². The Hall–Kier alpha value is -5.54. The zero-order valence-electron chi connectivity index (χ0n) is 22.2. The average molecular weight is 525 g/mol. The van der Waals surface area contributed by atoms with Crippen LogP contribution in [0.1, 0.15) is 0 Å². The third-order valence-electron chi connectivity index (χ3n) is 7.71. The van der Waals surface area contributed by atoms with Crippen molar-refractivity contribution in [3.63, 3.8) is 0 Å². The SMILES string of the molecule is c1ccc(-c2cc(-c3ccccc3)c3cc(-c4ccc(-c5nc6ccccc6o5)cc4)c4ccccc4c3n2)cc1. The molecule has 8 rings (SSSR count). The zero-order chi connectivity index (χ0) is 27.2. The molecule has 0 N–H and O–H groups in total. The molecule has 0 bridgehead atoms. The van der Waals surface area contributed by atoms with Gasteiger partial charge in [-0.3, -0.25) is 0 Å². The van der Waals surface area contributed by atoms with Crippen LogP contribution in [0.5, 0.6) is 0 Å². The molecule has 41 heavy (non-hydrogen) atoms. The van der Waals surface area contributed by atoms with Gasteiger partial charge in [0.05, 0.1) is 11.2 Å². The fourth-order valence-electron chi connectivity index (χ4n) is 5.69. The summed E-state index contributed by atoms with van der Waals surface area (Å²) < 4.78 is 6.02. The third-order valence-corrected chi connectivity index (χ3v) is 7.71. The van der Waals surface area contributed by atoms with E-state index in [9.17, 15) is 0 Å². The van der Waals surface area contributed by atoms with E-state index in [1.807, 2.05) is 30.3 Å². The minimum absolute atomic E-state index is 0.630.